The monoisotopic (exact) mass is 338 g/mol. The van der Waals surface area contributed by atoms with Gasteiger partial charge in [-0.1, -0.05) is 12.1 Å². The number of halogens is 1. The van der Waals surface area contributed by atoms with Gasteiger partial charge < -0.3 is 21.5 Å². The molecule has 7 nitrogen and oxygen atoms in total. The molecule has 1 saturated heterocycles. The van der Waals surface area contributed by atoms with E-state index in [1.807, 2.05) is 4.90 Å². The molecule has 1 aromatic rings. The molecule has 0 aliphatic carbocycles. The number of likely N-dealkylation sites (tertiary alicyclic amines) is 1. The van der Waals surface area contributed by atoms with Crippen molar-refractivity contribution in [2.24, 2.45) is 5.73 Å². The number of primary amides is 1. The minimum Gasteiger partial charge on any atom is -0.387 e. The number of nitrogens with one attached hydrogen (secondary N) is 2. The molecule has 1 heterocycles. The Morgan fingerprint density at radius 3 is 2.50 bits per heavy atom. The van der Waals surface area contributed by atoms with Crippen LogP contribution in [0, 0.1) is 5.82 Å². The van der Waals surface area contributed by atoms with Crippen LogP contribution in [0.15, 0.2) is 24.3 Å². The number of hydrogen-bond acceptors (Lipinski definition) is 4. The first-order valence-electron chi connectivity index (χ1n) is 7.92. The van der Waals surface area contributed by atoms with Crippen LogP contribution in [0.2, 0.25) is 0 Å². The van der Waals surface area contributed by atoms with E-state index in [1.54, 1.807) is 0 Å². The summed E-state index contributed by atoms with van der Waals surface area (Å²) in [6.07, 6.45) is 0.580. The normalized spacial score (nSPS) is 17.2. The fraction of sp³-hybridized carbons (Fsp3) is 0.500. The van der Waals surface area contributed by atoms with Gasteiger partial charge in [0.15, 0.2) is 0 Å². The predicted molar refractivity (Wildman–Crippen MR) is 86.6 cm³/mol. The van der Waals surface area contributed by atoms with Crippen molar-refractivity contribution in [2.75, 3.05) is 26.2 Å². The maximum Gasteiger partial charge on any atom is 0.315 e. The third-order valence-electron chi connectivity index (χ3n) is 4.01. The molecule has 132 valence electrons. The lowest BCUT2D eigenvalue weighted by Crippen LogP contribution is -2.49. The molecule has 0 radical (unpaired) electrons. The van der Waals surface area contributed by atoms with Crippen LogP contribution in [0.3, 0.4) is 0 Å². The number of urea groups is 1. The third kappa shape index (κ3) is 5.78. The highest BCUT2D eigenvalue weighted by Crippen LogP contribution is 2.13. The fourth-order valence-electron chi connectivity index (χ4n) is 2.68. The van der Waals surface area contributed by atoms with E-state index >= 15 is 0 Å². The molecule has 1 atom stereocenters. The average molecular weight is 338 g/mol. The van der Waals surface area contributed by atoms with Crippen LogP contribution < -0.4 is 16.4 Å². The number of hydrogen-bond donors (Lipinski definition) is 4. The van der Waals surface area contributed by atoms with E-state index < -0.39 is 6.10 Å². The van der Waals surface area contributed by atoms with E-state index in [0.29, 0.717) is 18.7 Å². The van der Waals surface area contributed by atoms with Crippen LogP contribution in [0.5, 0.6) is 0 Å². The first-order chi connectivity index (χ1) is 11.4. The van der Waals surface area contributed by atoms with Crippen molar-refractivity contribution in [1.82, 2.24) is 15.5 Å². The zero-order valence-corrected chi connectivity index (χ0v) is 13.4. The Balaban J connectivity index is 1.68. The maximum absolute atomic E-state index is 12.8. The summed E-state index contributed by atoms with van der Waals surface area (Å²) in [6, 6.07) is 5.15. The van der Waals surface area contributed by atoms with E-state index in [1.165, 1.54) is 24.3 Å². The molecule has 0 aromatic heterocycles. The molecule has 5 N–H and O–H groups in total. The molecule has 1 aliphatic heterocycles. The van der Waals surface area contributed by atoms with Gasteiger partial charge in [0, 0.05) is 25.7 Å². The zero-order valence-electron chi connectivity index (χ0n) is 13.4. The summed E-state index contributed by atoms with van der Waals surface area (Å²) in [5.74, 6) is -0.728. The Bertz CT molecular complexity index is 559. The Morgan fingerprint density at radius 2 is 1.92 bits per heavy atom. The number of carbonyl (C=O) groups excluding carboxylic acids is 2. The summed E-state index contributed by atoms with van der Waals surface area (Å²) in [5, 5.41) is 15.4. The number of nitrogens with two attached hydrogens (primary N) is 1. The van der Waals surface area contributed by atoms with Gasteiger partial charge in [-0.05, 0) is 30.5 Å². The van der Waals surface area contributed by atoms with Crippen molar-refractivity contribution in [1.29, 1.82) is 0 Å². The summed E-state index contributed by atoms with van der Waals surface area (Å²) in [4.78, 5) is 24.7. The summed E-state index contributed by atoms with van der Waals surface area (Å²) in [6.45, 7) is 1.68. The molecule has 1 aliphatic rings. The molecule has 1 aromatic carbocycles. The van der Waals surface area contributed by atoms with Gasteiger partial charge in [-0.2, -0.15) is 0 Å². The van der Waals surface area contributed by atoms with Gasteiger partial charge >= 0.3 is 6.03 Å². The van der Waals surface area contributed by atoms with E-state index in [0.717, 1.165) is 12.8 Å². The number of piperidine rings is 1. The van der Waals surface area contributed by atoms with E-state index in [9.17, 15) is 19.1 Å². The topological polar surface area (TPSA) is 108 Å². The van der Waals surface area contributed by atoms with Crippen LogP contribution in [0.4, 0.5) is 9.18 Å². The first kappa shape index (κ1) is 18.2. The number of aliphatic hydroxyl groups is 1. The van der Waals surface area contributed by atoms with Gasteiger partial charge in [0.25, 0.3) is 0 Å². The largest absolute Gasteiger partial charge is 0.387 e. The van der Waals surface area contributed by atoms with Crippen LogP contribution in [0.1, 0.15) is 24.5 Å². The Hall–Kier alpha value is -2.19. The summed E-state index contributed by atoms with van der Waals surface area (Å²) >= 11 is 0. The number of benzene rings is 1. The van der Waals surface area contributed by atoms with Crippen LogP contribution in [0.25, 0.3) is 0 Å². The Labute approximate surface area is 140 Å². The van der Waals surface area contributed by atoms with Crippen molar-refractivity contribution in [3.05, 3.63) is 35.6 Å². The molecule has 8 heteroatoms. The highest BCUT2D eigenvalue weighted by Gasteiger charge is 2.21. The lowest BCUT2D eigenvalue weighted by atomic mass is 10.1. The van der Waals surface area contributed by atoms with Gasteiger partial charge in [0.05, 0.1) is 12.6 Å². The molecular weight excluding hydrogens is 315 g/mol. The lowest BCUT2D eigenvalue weighted by Gasteiger charge is -2.31. The van der Waals surface area contributed by atoms with Gasteiger partial charge in [-0.25, -0.2) is 9.18 Å². The smallest absolute Gasteiger partial charge is 0.315 e. The minimum atomic E-state index is -0.895. The molecule has 2 rings (SSSR count). The molecule has 1 fully saturated rings. The number of aliphatic hydroxyl groups excluding tert-OH is 1. The van der Waals surface area contributed by atoms with Crippen molar-refractivity contribution >= 4 is 11.9 Å². The number of rotatable bonds is 6. The van der Waals surface area contributed by atoms with Crippen molar-refractivity contribution < 1.29 is 19.1 Å². The average Bonchev–Trinajstić information content (AvgIpc) is 2.54. The SMILES string of the molecule is NC(=O)CN1CCC(NC(=O)NC[C@H](O)c2ccc(F)cc2)CC1. The minimum absolute atomic E-state index is 0.0251. The highest BCUT2D eigenvalue weighted by molar-refractivity contribution is 5.76. The van der Waals surface area contributed by atoms with Crippen LogP contribution in [-0.2, 0) is 4.79 Å². The van der Waals surface area contributed by atoms with Gasteiger partial charge in [-0.15, -0.1) is 0 Å². The van der Waals surface area contributed by atoms with Gasteiger partial charge in [-0.3, -0.25) is 9.69 Å². The molecule has 0 unspecified atom stereocenters. The van der Waals surface area contributed by atoms with Crippen LogP contribution >= 0.6 is 0 Å². The molecular formula is C16H23FN4O3. The predicted octanol–water partition coefficient (Wildman–Crippen LogP) is 0.108. The second kappa shape index (κ2) is 8.60. The second-order valence-corrected chi connectivity index (χ2v) is 5.94. The van der Waals surface area contributed by atoms with E-state index in [4.69, 9.17) is 5.73 Å². The van der Waals surface area contributed by atoms with Gasteiger partial charge in [0.2, 0.25) is 5.91 Å². The summed E-state index contributed by atoms with van der Waals surface area (Å²) in [5.41, 5.74) is 5.70. The number of carbonyl (C=O) groups is 2. The fourth-order valence-corrected chi connectivity index (χ4v) is 2.68. The molecule has 3 amide bonds. The molecule has 0 saturated carbocycles. The van der Waals surface area contributed by atoms with Crippen molar-refractivity contribution in [3.8, 4) is 0 Å². The maximum atomic E-state index is 12.8. The van der Waals surface area contributed by atoms with E-state index in [2.05, 4.69) is 10.6 Å². The second-order valence-electron chi connectivity index (χ2n) is 5.94. The number of amides is 3. The lowest BCUT2D eigenvalue weighted by molar-refractivity contribution is -0.119. The highest BCUT2D eigenvalue weighted by atomic mass is 19.1. The quantitative estimate of drug-likeness (QED) is 0.590. The standard InChI is InChI=1S/C16H23FN4O3/c17-12-3-1-11(2-4-12)14(22)9-19-16(24)20-13-5-7-21(8-6-13)10-15(18)23/h1-4,13-14,22H,5-10H2,(H2,18,23)(H2,19,20,24)/t14-/m0/s1. The van der Waals surface area contributed by atoms with Crippen LogP contribution in [-0.4, -0.2) is 54.2 Å². The van der Waals surface area contributed by atoms with Crippen molar-refractivity contribution in [2.45, 2.75) is 25.0 Å². The van der Waals surface area contributed by atoms with Gasteiger partial charge in [0.1, 0.15) is 5.82 Å². The number of nitrogens with zero attached hydrogens (tertiary/aromatic N) is 1. The molecule has 0 spiro atoms. The Morgan fingerprint density at radius 1 is 1.29 bits per heavy atom. The molecule has 24 heavy (non-hydrogen) atoms. The summed E-state index contributed by atoms with van der Waals surface area (Å²) in [7, 11) is 0. The first-order valence-corrected chi connectivity index (χ1v) is 7.92. The Kier molecular flexibility index (Phi) is 6.51. The van der Waals surface area contributed by atoms with E-state index in [-0.39, 0.29) is 36.9 Å². The summed E-state index contributed by atoms with van der Waals surface area (Å²) < 4.78 is 12.8. The van der Waals surface area contributed by atoms with Crippen molar-refractivity contribution in [3.63, 3.8) is 0 Å². The molecule has 0 bridgehead atoms. The third-order valence-corrected chi connectivity index (χ3v) is 4.01. The zero-order chi connectivity index (χ0) is 17.5.